The van der Waals surface area contributed by atoms with Gasteiger partial charge in [0.2, 0.25) is 0 Å². The maximum atomic E-state index is 12.3. The molecule has 7 heteroatoms. The van der Waals surface area contributed by atoms with Crippen molar-refractivity contribution >= 4 is 32.7 Å². The second kappa shape index (κ2) is 6.82. The van der Waals surface area contributed by atoms with Crippen molar-refractivity contribution in [3.63, 3.8) is 0 Å². The van der Waals surface area contributed by atoms with Crippen molar-refractivity contribution in [1.29, 1.82) is 0 Å². The van der Waals surface area contributed by atoms with Gasteiger partial charge in [0.1, 0.15) is 4.21 Å². The van der Waals surface area contributed by atoms with E-state index in [1.54, 1.807) is 17.4 Å². The highest BCUT2D eigenvalue weighted by atomic mass is 32.2. The van der Waals surface area contributed by atoms with Gasteiger partial charge >= 0.3 is 0 Å². The molecule has 0 aliphatic carbocycles. The standard InChI is InChI=1S/C13H18N2O2S3/c1-10(12-4-3-9-18-12)15-20(16,17)13-6-5-11(19-13)7-8-14-2/h3-6,9-10,14-15H,7-8H2,1-2H3. The summed E-state index contributed by atoms with van der Waals surface area (Å²) in [7, 11) is -1.55. The Bertz CT molecular complexity index is 632. The monoisotopic (exact) mass is 330 g/mol. The number of likely N-dealkylation sites (N-methyl/N-ethyl adjacent to an activating group) is 1. The number of sulfonamides is 1. The summed E-state index contributed by atoms with van der Waals surface area (Å²) in [6, 6.07) is 7.21. The van der Waals surface area contributed by atoms with Gasteiger partial charge in [-0.05, 0) is 50.5 Å². The summed E-state index contributed by atoms with van der Waals surface area (Å²) >= 11 is 2.88. The van der Waals surface area contributed by atoms with Gasteiger partial charge in [0.05, 0.1) is 6.04 Å². The second-order valence-corrected chi connectivity index (χ2v) is 8.52. The van der Waals surface area contributed by atoms with Crippen LogP contribution in [0, 0.1) is 0 Å². The largest absolute Gasteiger partial charge is 0.319 e. The van der Waals surface area contributed by atoms with Gasteiger partial charge < -0.3 is 5.32 Å². The van der Waals surface area contributed by atoms with E-state index < -0.39 is 10.0 Å². The molecule has 110 valence electrons. The normalized spacial score (nSPS) is 13.5. The smallest absolute Gasteiger partial charge is 0.250 e. The van der Waals surface area contributed by atoms with Crippen LogP contribution < -0.4 is 10.0 Å². The van der Waals surface area contributed by atoms with Gasteiger partial charge in [-0.3, -0.25) is 0 Å². The van der Waals surface area contributed by atoms with Crippen LogP contribution in [-0.4, -0.2) is 22.0 Å². The van der Waals surface area contributed by atoms with Gasteiger partial charge in [0.15, 0.2) is 0 Å². The average Bonchev–Trinajstić information content (AvgIpc) is 3.07. The van der Waals surface area contributed by atoms with Crippen molar-refractivity contribution in [2.45, 2.75) is 23.6 Å². The fourth-order valence-corrected chi connectivity index (χ4v) is 5.18. The molecule has 0 bridgehead atoms. The quantitative estimate of drug-likeness (QED) is 0.820. The molecule has 2 heterocycles. The fraction of sp³-hybridized carbons (Fsp3) is 0.385. The molecule has 0 aromatic carbocycles. The summed E-state index contributed by atoms with van der Waals surface area (Å²) in [5.74, 6) is 0. The molecule has 0 radical (unpaired) electrons. The minimum Gasteiger partial charge on any atom is -0.319 e. The number of hydrogen-bond donors (Lipinski definition) is 2. The van der Waals surface area contributed by atoms with E-state index >= 15 is 0 Å². The van der Waals surface area contributed by atoms with Crippen LogP contribution in [0.5, 0.6) is 0 Å². The molecule has 1 atom stereocenters. The van der Waals surface area contributed by atoms with E-state index in [2.05, 4.69) is 10.0 Å². The third kappa shape index (κ3) is 3.89. The molecule has 4 nitrogen and oxygen atoms in total. The summed E-state index contributed by atoms with van der Waals surface area (Å²) in [6.45, 7) is 2.71. The highest BCUT2D eigenvalue weighted by molar-refractivity contribution is 7.91. The minimum absolute atomic E-state index is 0.206. The van der Waals surface area contributed by atoms with Crippen LogP contribution in [0.15, 0.2) is 33.9 Å². The molecule has 0 saturated carbocycles. The first-order valence-electron chi connectivity index (χ1n) is 6.32. The molecular weight excluding hydrogens is 312 g/mol. The SMILES string of the molecule is CNCCc1ccc(S(=O)(=O)NC(C)c2cccs2)s1. The molecule has 2 rings (SSSR count). The minimum atomic E-state index is -3.43. The maximum absolute atomic E-state index is 12.3. The molecule has 0 fully saturated rings. The number of nitrogens with one attached hydrogen (secondary N) is 2. The lowest BCUT2D eigenvalue weighted by atomic mass is 10.3. The average molecular weight is 330 g/mol. The first-order valence-corrected chi connectivity index (χ1v) is 9.50. The maximum Gasteiger partial charge on any atom is 0.250 e. The Morgan fingerprint density at radius 2 is 2.10 bits per heavy atom. The molecule has 0 aliphatic rings. The van der Waals surface area contributed by atoms with Crippen molar-refractivity contribution in [2.75, 3.05) is 13.6 Å². The Morgan fingerprint density at radius 3 is 2.75 bits per heavy atom. The fourth-order valence-electron chi connectivity index (χ4n) is 1.77. The third-order valence-corrected chi connectivity index (χ3v) is 7.06. The zero-order valence-corrected chi connectivity index (χ0v) is 13.9. The highest BCUT2D eigenvalue weighted by Gasteiger charge is 2.20. The summed E-state index contributed by atoms with van der Waals surface area (Å²) in [4.78, 5) is 2.09. The van der Waals surface area contributed by atoms with Crippen molar-refractivity contribution in [3.8, 4) is 0 Å². The number of thiophene rings is 2. The van der Waals surface area contributed by atoms with Crippen molar-refractivity contribution < 1.29 is 8.42 Å². The highest BCUT2D eigenvalue weighted by Crippen LogP contribution is 2.25. The molecule has 0 amide bonds. The Balaban J connectivity index is 2.08. The van der Waals surface area contributed by atoms with Crippen LogP contribution in [0.2, 0.25) is 0 Å². The van der Waals surface area contributed by atoms with Crippen LogP contribution >= 0.6 is 22.7 Å². The number of hydrogen-bond acceptors (Lipinski definition) is 5. The molecule has 0 spiro atoms. The van der Waals surface area contributed by atoms with Gasteiger partial charge in [-0.1, -0.05) is 6.07 Å². The van der Waals surface area contributed by atoms with Gasteiger partial charge in [-0.2, -0.15) is 0 Å². The third-order valence-electron chi connectivity index (χ3n) is 2.83. The van der Waals surface area contributed by atoms with Crippen LogP contribution in [0.1, 0.15) is 22.7 Å². The summed E-state index contributed by atoms with van der Waals surface area (Å²) in [5.41, 5.74) is 0. The van der Waals surface area contributed by atoms with Crippen LogP contribution in [0.25, 0.3) is 0 Å². The van der Waals surface area contributed by atoms with Gasteiger partial charge in [0, 0.05) is 9.75 Å². The molecule has 2 aromatic rings. The topological polar surface area (TPSA) is 58.2 Å². The molecule has 20 heavy (non-hydrogen) atoms. The first kappa shape index (κ1) is 15.7. The molecular formula is C13H18N2O2S3. The molecule has 0 saturated heterocycles. The van der Waals surface area contributed by atoms with Gasteiger partial charge in [0.25, 0.3) is 10.0 Å². The Hall–Kier alpha value is -0.730. The summed E-state index contributed by atoms with van der Waals surface area (Å²) in [5, 5.41) is 5.00. The Kier molecular flexibility index (Phi) is 5.34. The zero-order valence-electron chi connectivity index (χ0n) is 11.4. The van der Waals surface area contributed by atoms with E-state index in [-0.39, 0.29) is 6.04 Å². The van der Waals surface area contributed by atoms with Crippen molar-refractivity contribution in [1.82, 2.24) is 10.0 Å². The van der Waals surface area contributed by atoms with Crippen molar-refractivity contribution in [3.05, 3.63) is 39.4 Å². The molecule has 0 aliphatic heterocycles. The first-order chi connectivity index (χ1) is 9.53. The zero-order chi connectivity index (χ0) is 14.6. The molecule has 1 unspecified atom stereocenters. The lowest BCUT2D eigenvalue weighted by Gasteiger charge is -2.11. The molecule has 2 aromatic heterocycles. The Labute approximate surface area is 127 Å². The van der Waals surface area contributed by atoms with Crippen LogP contribution in [0.3, 0.4) is 0 Å². The second-order valence-electron chi connectivity index (χ2n) is 4.43. The van der Waals surface area contributed by atoms with Crippen molar-refractivity contribution in [2.24, 2.45) is 0 Å². The van der Waals surface area contributed by atoms with E-state index in [1.165, 1.54) is 11.3 Å². The van der Waals surface area contributed by atoms with E-state index in [1.807, 2.05) is 37.6 Å². The predicted octanol–water partition coefficient (Wildman–Crippen LogP) is 2.61. The van der Waals surface area contributed by atoms with Crippen LogP contribution in [0.4, 0.5) is 0 Å². The van der Waals surface area contributed by atoms with Gasteiger partial charge in [-0.15, -0.1) is 22.7 Å². The summed E-state index contributed by atoms with van der Waals surface area (Å²) < 4.78 is 27.7. The van der Waals surface area contributed by atoms with E-state index in [4.69, 9.17) is 0 Å². The van der Waals surface area contributed by atoms with E-state index in [0.29, 0.717) is 4.21 Å². The summed E-state index contributed by atoms with van der Waals surface area (Å²) in [6.07, 6.45) is 0.844. The number of rotatable bonds is 7. The van der Waals surface area contributed by atoms with Crippen LogP contribution in [-0.2, 0) is 16.4 Å². The Morgan fingerprint density at radius 1 is 1.30 bits per heavy atom. The molecule has 2 N–H and O–H groups in total. The predicted molar refractivity (Wildman–Crippen MR) is 85.0 cm³/mol. The lowest BCUT2D eigenvalue weighted by Crippen LogP contribution is -2.25. The lowest BCUT2D eigenvalue weighted by molar-refractivity contribution is 0.570. The van der Waals surface area contributed by atoms with E-state index in [0.717, 1.165) is 22.7 Å². The van der Waals surface area contributed by atoms with Gasteiger partial charge in [-0.25, -0.2) is 13.1 Å². The van der Waals surface area contributed by atoms with E-state index in [9.17, 15) is 8.42 Å².